The summed E-state index contributed by atoms with van der Waals surface area (Å²) in [4.78, 5) is 47.1. The van der Waals surface area contributed by atoms with E-state index in [0.717, 1.165) is 0 Å². The molecule has 1 aromatic rings. The van der Waals surface area contributed by atoms with Crippen LogP contribution in [0.4, 0.5) is 0 Å². The van der Waals surface area contributed by atoms with Gasteiger partial charge in [0.2, 0.25) is 10.9 Å². The van der Waals surface area contributed by atoms with E-state index in [9.17, 15) is 27.6 Å². The van der Waals surface area contributed by atoms with Crippen molar-refractivity contribution in [3.05, 3.63) is 81.7 Å². The lowest BCUT2D eigenvalue weighted by Gasteiger charge is -1.99. The van der Waals surface area contributed by atoms with Crippen molar-refractivity contribution in [3.63, 3.8) is 0 Å². The van der Waals surface area contributed by atoms with Crippen LogP contribution in [0, 0.1) is 10.4 Å². The monoisotopic (exact) mass is 318 g/mol. The zero-order valence-corrected chi connectivity index (χ0v) is 11.5. The van der Waals surface area contributed by atoms with Gasteiger partial charge in [-0.25, -0.2) is 0 Å². The summed E-state index contributed by atoms with van der Waals surface area (Å²) in [5.74, 6) is 0. The Morgan fingerprint density at radius 2 is 1.32 bits per heavy atom. The molecule has 1 aromatic carbocycles. The van der Waals surface area contributed by atoms with Gasteiger partial charge in [-0.05, 0) is 6.07 Å². The molecule has 22 heavy (non-hydrogen) atoms. The minimum absolute atomic E-state index is 0.000614. The second-order valence-electron chi connectivity index (χ2n) is 4.63. The molecule has 0 bridgehead atoms. The first-order valence-corrected chi connectivity index (χ1v) is 7.38. The highest BCUT2D eigenvalue weighted by atomic mass is 32.2. The standard InChI is InChI=1S/C14H6O7S/c15-11-6-3-1-2-4-7(6)12(16)10-8(11)5-9(22(19,20)21)13(17)14(10)18/h1-5H,(H,19,20,21). The minimum atomic E-state index is -4.98. The molecule has 0 atom stereocenters. The van der Waals surface area contributed by atoms with E-state index >= 15 is 0 Å². The largest absolute Gasteiger partial charge is 0.298 e. The smallest absolute Gasteiger partial charge is 0.289 e. The first kappa shape index (κ1) is 14.2. The van der Waals surface area contributed by atoms with Crippen molar-refractivity contribution in [1.82, 2.24) is 0 Å². The molecular formula is C14H6O7S. The van der Waals surface area contributed by atoms with Gasteiger partial charge in [-0.1, -0.05) is 24.3 Å². The van der Waals surface area contributed by atoms with Gasteiger partial charge in [-0.2, -0.15) is 8.42 Å². The molecule has 2 aliphatic rings. The zero-order chi connectivity index (χ0) is 16.2. The maximum absolute atomic E-state index is 12.3. The molecule has 0 aromatic heterocycles. The van der Waals surface area contributed by atoms with Crippen molar-refractivity contribution in [3.8, 4) is 0 Å². The highest BCUT2D eigenvalue weighted by Gasteiger charge is 2.21. The van der Waals surface area contributed by atoms with Crippen molar-refractivity contribution in [1.29, 1.82) is 0 Å². The average molecular weight is 318 g/mol. The van der Waals surface area contributed by atoms with Crippen molar-refractivity contribution < 1.29 is 13.0 Å². The van der Waals surface area contributed by atoms with E-state index in [2.05, 4.69) is 0 Å². The molecule has 3 rings (SSSR count). The summed E-state index contributed by atoms with van der Waals surface area (Å²) in [6.45, 7) is 0. The summed E-state index contributed by atoms with van der Waals surface area (Å²) in [6, 6.07) is 6.24. The predicted octanol–water partition coefficient (Wildman–Crippen LogP) is -0.872. The van der Waals surface area contributed by atoms with E-state index in [1.807, 2.05) is 0 Å². The van der Waals surface area contributed by atoms with Crippen LogP contribution in [-0.4, -0.2) is 13.0 Å². The van der Waals surface area contributed by atoms with Gasteiger partial charge in [0, 0.05) is 16.0 Å². The van der Waals surface area contributed by atoms with Gasteiger partial charge in [0.1, 0.15) is 4.90 Å². The fourth-order valence-corrected chi connectivity index (χ4v) is 2.97. The first-order valence-electron chi connectivity index (χ1n) is 5.94. The van der Waals surface area contributed by atoms with E-state index in [-0.39, 0.29) is 10.8 Å². The summed E-state index contributed by atoms with van der Waals surface area (Å²) < 4.78 is 31.3. The Bertz CT molecular complexity index is 1310. The lowest BCUT2D eigenvalue weighted by molar-refractivity contribution is 0.482. The van der Waals surface area contributed by atoms with E-state index in [4.69, 9.17) is 4.55 Å². The van der Waals surface area contributed by atoms with Crippen LogP contribution in [0.5, 0.6) is 0 Å². The van der Waals surface area contributed by atoms with Gasteiger partial charge < -0.3 is 0 Å². The van der Waals surface area contributed by atoms with Gasteiger partial charge >= 0.3 is 0 Å². The minimum Gasteiger partial charge on any atom is -0.289 e. The van der Waals surface area contributed by atoms with E-state index in [1.54, 1.807) is 0 Å². The van der Waals surface area contributed by atoms with Gasteiger partial charge in [-0.15, -0.1) is 0 Å². The van der Waals surface area contributed by atoms with Gasteiger partial charge in [0.25, 0.3) is 10.1 Å². The number of hydrogen-bond acceptors (Lipinski definition) is 6. The predicted molar refractivity (Wildman–Crippen MR) is 76.5 cm³/mol. The molecule has 0 heterocycles. The lowest BCUT2D eigenvalue weighted by atomic mass is 10.0. The van der Waals surface area contributed by atoms with Crippen LogP contribution >= 0.6 is 0 Å². The third-order valence-electron chi connectivity index (χ3n) is 3.37. The number of benzene rings is 1. The van der Waals surface area contributed by atoms with Gasteiger partial charge in [0.15, 0.2) is 10.9 Å². The summed E-state index contributed by atoms with van der Waals surface area (Å²) in [7, 11) is -4.98. The summed E-state index contributed by atoms with van der Waals surface area (Å²) in [5, 5.41) is -1.20. The maximum Gasteiger partial charge on any atom is 0.298 e. The third kappa shape index (κ3) is 1.81. The van der Waals surface area contributed by atoms with Crippen molar-refractivity contribution in [2.75, 3.05) is 0 Å². The number of fused-ring (bicyclic) bond motifs is 1. The Morgan fingerprint density at radius 1 is 0.773 bits per heavy atom. The Hall–Kier alpha value is -2.71. The number of rotatable bonds is 1. The molecule has 0 radical (unpaired) electrons. The average Bonchev–Trinajstić information content (AvgIpc) is 2.46. The molecule has 0 saturated heterocycles. The summed E-state index contributed by atoms with van der Waals surface area (Å²) in [5.41, 5.74) is -4.54. The second-order valence-corrected chi connectivity index (χ2v) is 6.02. The van der Waals surface area contributed by atoms with Crippen LogP contribution in [-0.2, 0) is 10.1 Å². The Balaban J connectivity index is 2.87. The molecule has 8 heteroatoms. The molecule has 0 amide bonds. The molecule has 7 nitrogen and oxygen atoms in total. The fraction of sp³-hybridized carbons (Fsp3) is 0. The van der Waals surface area contributed by atoms with Crippen molar-refractivity contribution >= 4 is 20.9 Å². The van der Waals surface area contributed by atoms with E-state index < -0.39 is 47.2 Å². The Kier molecular flexibility index (Phi) is 2.84. The topological polar surface area (TPSA) is 123 Å². The normalized spacial score (nSPS) is 12.0. The number of hydrogen-bond donors (Lipinski definition) is 1. The van der Waals surface area contributed by atoms with Crippen LogP contribution in [0.25, 0.3) is 10.8 Å². The first-order chi connectivity index (χ1) is 10.2. The SMILES string of the molecule is O=c1c(S(=O)(=O)O)cc2c(=O)c3ccccc3c(=O)c=2c1=O. The fourth-order valence-electron chi connectivity index (χ4n) is 2.37. The Labute approximate surface area is 121 Å². The molecule has 1 N–H and O–H groups in total. The van der Waals surface area contributed by atoms with Crippen LogP contribution in [0.1, 0.15) is 0 Å². The highest BCUT2D eigenvalue weighted by Crippen LogP contribution is 2.06. The molecule has 0 saturated carbocycles. The van der Waals surface area contributed by atoms with Crippen LogP contribution in [0.15, 0.2) is 54.4 Å². The molecule has 0 aliphatic heterocycles. The molecule has 0 fully saturated rings. The van der Waals surface area contributed by atoms with Crippen LogP contribution < -0.4 is 21.7 Å². The Morgan fingerprint density at radius 3 is 1.86 bits per heavy atom. The second kappa shape index (κ2) is 4.39. The third-order valence-corrected chi connectivity index (χ3v) is 4.23. The molecule has 110 valence electrons. The molecule has 0 spiro atoms. The summed E-state index contributed by atoms with van der Waals surface area (Å²) >= 11 is 0. The molecule has 2 aliphatic carbocycles. The van der Waals surface area contributed by atoms with Crippen molar-refractivity contribution in [2.24, 2.45) is 0 Å². The van der Waals surface area contributed by atoms with E-state index in [0.29, 0.717) is 6.07 Å². The lowest BCUT2D eigenvalue weighted by Crippen LogP contribution is -2.35. The molecular weight excluding hydrogens is 312 g/mol. The van der Waals surface area contributed by atoms with Gasteiger partial charge in [-0.3, -0.25) is 23.7 Å². The van der Waals surface area contributed by atoms with Crippen molar-refractivity contribution in [2.45, 2.75) is 4.90 Å². The maximum atomic E-state index is 12.3. The zero-order valence-electron chi connectivity index (χ0n) is 10.7. The van der Waals surface area contributed by atoms with Crippen LogP contribution in [0.2, 0.25) is 0 Å². The quantitative estimate of drug-likeness (QED) is 0.457. The molecule has 0 unspecified atom stereocenters. The summed E-state index contributed by atoms with van der Waals surface area (Å²) in [6.07, 6.45) is 0. The van der Waals surface area contributed by atoms with E-state index in [1.165, 1.54) is 24.3 Å². The highest BCUT2D eigenvalue weighted by molar-refractivity contribution is 7.85. The van der Waals surface area contributed by atoms with Gasteiger partial charge in [0.05, 0.1) is 5.22 Å². The van der Waals surface area contributed by atoms with Crippen LogP contribution in [0.3, 0.4) is 0 Å².